The third-order valence-electron chi connectivity index (χ3n) is 19.4. The van der Waals surface area contributed by atoms with Crippen molar-refractivity contribution in [3.8, 4) is 284 Å². The average molecular weight is 1720 g/mol. The molecule has 0 saturated carbocycles. The minimum Gasteiger partial charge on any atom is -0.447 e. The van der Waals surface area contributed by atoms with E-state index < -0.39 is 97.1 Å². The summed E-state index contributed by atoms with van der Waals surface area (Å²) in [6.07, 6.45) is 21.1. The number of carbonyl (C=O) groups excluding carboxylic acids is 2. The Morgan fingerprint density at radius 1 is 0.344 bits per heavy atom. The van der Waals surface area contributed by atoms with Gasteiger partial charge in [0.15, 0.2) is 36.4 Å². The van der Waals surface area contributed by atoms with Crippen LogP contribution in [0, 0.1) is 302 Å². The van der Waals surface area contributed by atoms with Crippen LogP contribution in [-0.2, 0) is 66.4 Å². The third kappa shape index (κ3) is 52.5. The van der Waals surface area contributed by atoms with E-state index in [1.54, 1.807) is 34.8 Å². The number of rotatable bonds is 39. The van der Waals surface area contributed by atoms with Gasteiger partial charge in [-0.1, -0.05) is 193 Å². The molecule has 3 N–H and O–H groups in total. The standard InChI is InChI=1S/C57H60O7.C54H56O10/c1-9-11-13-15-17-19-21-23-24-25-26-27-28-29-30-31-32-33-35-37-39-41-43-45-54(58)61-53(47-60-56-50(5)48(3)49(4)52(62-56)46-59-8)55-51(63-57(6,7)64-55)44-42-40-38-36-34-22-20-18-16-14-12-10-2;1-6-8-10-12-14-16-18-20-21-22-23-24-25-26-27-28-29-30-32-34-36-38-40-42-48(55)61-47(44-60-53-51(58)50(57)49(56)46(62-53)43-59-5)52-45(63-54(3,4)64-52)41-39-37-35-33-31-19-17-15-13-11-9-7-2/h42,44,48-53,55-56H,10,12,14,16,18,20,22,34,36,38,40,46-47H2,1-8H3;45-47,49-53,56-58H,7,9,11,13,15,17,19,31,33,35,37,39,41,43-44H2,1-5H3/t48?,49?,50?,51-,52?,53+,55-,56?;45-,46?,47+,49?,50?,51?,52-,53?/m11/s1. The largest absolute Gasteiger partial charge is 0.447 e. The van der Waals surface area contributed by atoms with Gasteiger partial charge in [0.1, 0.15) is 42.7 Å². The summed E-state index contributed by atoms with van der Waals surface area (Å²) in [7, 11) is 3.07. The minimum absolute atomic E-state index is 0.00210. The number of ether oxygens (including phenoxy) is 12. The van der Waals surface area contributed by atoms with Gasteiger partial charge in [-0.3, -0.25) is 0 Å². The normalized spacial score (nSPS) is 20.8. The minimum atomic E-state index is -1.60. The summed E-state index contributed by atoms with van der Waals surface area (Å²) >= 11 is 0. The number of methoxy groups -OCH3 is 2. The molecular formula is C111H116O17. The molecule has 4 rings (SSSR count). The number of esters is 2. The molecule has 128 heavy (non-hydrogen) atoms. The van der Waals surface area contributed by atoms with Crippen molar-refractivity contribution < 1.29 is 81.8 Å². The number of allylic oxidation sites excluding steroid dienone is 1. The first-order valence-electron chi connectivity index (χ1n) is 43.5. The fraction of sp³-hybridized carbons (Fsp3) is 0.532. The Balaban J connectivity index is 0.000000660. The van der Waals surface area contributed by atoms with E-state index in [1.807, 2.05) is 19.9 Å². The number of carbonyl (C=O) groups is 2. The Morgan fingerprint density at radius 2 is 0.656 bits per heavy atom. The second kappa shape index (κ2) is 71.7. The van der Waals surface area contributed by atoms with Gasteiger partial charge in [0.2, 0.25) is 0 Å². The van der Waals surface area contributed by atoms with Crippen LogP contribution in [0.15, 0.2) is 12.2 Å². The Hall–Kier alpha value is -12.4. The SMILES string of the molecule is CC#CC#CC#CC#CC#CC#CC#CC#CC#CC#CC#CC#CC(=O)O[C@@H](COC1OC(COC)C(C)C(C)C1C)[C@@H]1OC(C)(C)O[C@@H]1C=CCCCCCCCCCCCC.CC#CC#CC#CC#CC#CC#CC#CC#CC#CC#CC#CC#CC(=O)O[C@@H](COC1OC(COC)C(O)C(O)C1O)[C@@H]1OC(C)(C)O[C@@H]1CCCCCCCCCCCCCC. The zero-order valence-electron chi connectivity index (χ0n) is 76.2. The Kier molecular flexibility index (Phi) is 61.5. The van der Waals surface area contributed by atoms with Gasteiger partial charge in [0, 0.05) is 103 Å². The molecule has 0 amide bonds. The van der Waals surface area contributed by atoms with Crippen molar-refractivity contribution in [2.24, 2.45) is 17.8 Å². The van der Waals surface area contributed by atoms with E-state index in [0.29, 0.717) is 18.9 Å². The van der Waals surface area contributed by atoms with Crippen LogP contribution in [-0.4, -0.2) is 159 Å². The molecule has 0 radical (unpaired) electrons. The van der Waals surface area contributed by atoms with Crippen molar-refractivity contribution in [1.29, 1.82) is 0 Å². The summed E-state index contributed by atoms with van der Waals surface area (Å²) in [6, 6.07) is 0. The van der Waals surface area contributed by atoms with Gasteiger partial charge in [-0.2, -0.15) is 0 Å². The molecule has 4 aliphatic rings. The van der Waals surface area contributed by atoms with E-state index in [1.165, 1.54) is 123 Å². The van der Waals surface area contributed by atoms with Crippen molar-refractivity contribution in [3.63, 3.8) is 0 Å². The van der Waals surface area contributed by atoms with Crippen LogP contribution >= 0.6 is 0 Å². The molecule has 4 heterocycles. The first kappa shape index (κ1) is 110. The van der Waals surface area contributed by atoms with E-state index >= 15 is 0 Å². The quantitative estimate of drug-likeness (QED) is 0.0172. The predicted octanol–water partition coefficient (Wildman–Crippen LogP) is 11.7. The Bertz CT molecular complexity index is 5290. The van der Waals surface area contributed by atoms with Crippen LogP contribution in [0.5, 0.6) is 0 Å². The number of hydrogen-bond acceptors (Lipinski definition) is 17. The van der Waals surface area contributed by atoms with E-state index in [0.717, 1.165) is 32.1 Å². The van der Waals surface area contributed by atoms with Crippen LogP contribution < -0.4 is 0 Å². The molecule has 4 aliphatic heterocycles. The van der Waals surface area contributed by atoms with Gasteiger partial charge in [-0.25, -0.2) is 9.59 Å². The molecule has 17 heteroatoms. The van der Waals surface area contributed by atoms with Crippen LogP contribution in [0.25, 0.3) is 0 Å². The van der Waals surface area contributed by atoms with E-state index in [9.17, 15) is 24.9 Å². The maximum absolute atomic E-state index is 13.1. The van der Waals surface area contributed by atoms with Gasteiger partial charge in [-0.05, 0) is 262 Å². The van der Waals surface area contributed by atoms with Crippen LogP contribution in [0.2, 0.25) is 0 Å². The molecule has 0 spiro atoms. The lowest BCUT2D eigenvalue weighted by Gasteiger charge is -2.43. The van der Waals surface area contributed by atoms with Gasteiger partial charge in [0.05, 0.1) is 38.6 Å². The van der Waals surface area contributed by atoms with Crippen LogP contribution in [0.4, 0.5) is 0 Å². The lowest BCUT2D eigenvalue weighted by atomic mass is 9.79. The monoisotopic (exact) mass is 1720 g/mol. The van der Waals surface area contributed by atoms with E-state index in [4.69, 9.17) is 56.8 Å². The molecule has 0 aromatic heterocycles. The molecule has 10 unspecified atom stereocenters. The van der Waals surface area contributed by atoms with Gasteiger partial charge >= 0.3 is 11.9 Å². The van der Waals surface area contributed by atoms with Crippen LogP contribution in [0.1, 0.15) is 230 Å². The maximum Gasteiger partial charge on any atom is 0.385 e. The van der Waals surface area contributed by atoms with Crippen molar-refractivity contribution in [3.05, 3.63) is 12.2 Å². The van der Waals surface area contributed by atoms with Crippen molar-refractivity contribution in [1.82, 2.24) is 0 Å². The number of aliphatic hydroxyl groups excluding tert-OH is 3. The molecule has 0 aliphatic carbocycles. The zero-order chi connectivity index (χ0) is 93.0. The highest BCUT2D eigenvalue weighted by Crippen LogP contribution is 2.38. The fourth-order valence-corrected chi connectivity index (χ4v) is 12.9. The Labute approximate surface area is 765 Å². The zero-order valence-corrected chi connectivity index (χ0v) is 76.2. The van der Waals surface area contributed by atoms with Crippen LogP contribution in [0.3, 0.4) is 0 Å². The highest BCUT2D eigenvalue weighted by atomic mass is 16.8. The van der Waals surface area contributed by atoms with Gasteiger partial charge in [-0.15, -0.1) is 0 Å². The third-order valence-corrected chi connectivity index (χ3v) is 19.4. The van der Waals surface area contributed by atoms with Crippen molar-refractivity contribution in [2.75, 3.05) is 40.6 Å². The molecule has 662 valence electrons. The molecule has 16 atom stereocenters. The average Bonchev–Trinajstić information content (AvgIpc) is 1.76. The molecular weight excluding hydrogens is 1610 g/mol. The van der Waals surface area contributed by atoms with Crippen molar-refractivity contribution in [2.45, 2.75) is 322 Å². The smallest absolute Gasteiger partial charge is 0.385 e. The number of aliphatic hydroxyl groups is 3. The molecule has 0 bridgehead atoms. The topological polar surface area (TPSA) is 206 Å². The van der Waals surface area contributed by atoms with E-state index in [-0.39, 0.29) is 37.8 Å². The summed E-state index contributed by atoms with van der Waals surface area (Å²) in [5.74, 6) is 118. The molecule has 0 aromatic carbocycles. The maximum atomic E-state index is 13.1. The Morgan fingerprint density at radius 3 is 1.03 bits per heavy atom. The molecule has 4 fully saturated rings. The fourth-order valence-electron chi connectivity index (χ4n) is 12.9. The predicted molar refractivity (Wildman–Crippen MR) is 495 cm³/mol. The van der Waals surface area contributed by atoms with Crippen molar-refractivity contribution >= 4 is 11.9 Å². The second-order valence-electron chi connectivity index (χ2n) is 30.1. The lowest BCUT2D eigenvalue weighted by Crippen LogP contribution is -2.59. The molecule has 4 saturated heterocycles. The number of unbranched alkanes of at least 4 members (excludes halogenated alkanes) is 21. The van der Waals surface area contributed by atoms with Gasteiger partial charge < -0.3 is 72.2 Å². The molecule has 0 aromatic rings. The summed E-state index contributed by atoms with van der Waals surface area (Å²) < 4.78 is 71.8. The number of hydrogen-bond donors (Lipinski definition) is 3. The highest BCUT2D eigenvalue weighted by Gasteiger charge is 2.50. The summed E-state index contributed by atoms with van der Waals surface area (Å²) in [5, 5.41) is 31.5. The lowest BCUT2D eigenvalue weighted by molar-refractivity contribution is -0.307. The van der Waals surface area contributed by atoms with E-state index in [2.05, 4.69) is 325 Å². The molecule has 17 nitrogen and oxygen atoms in total. The summed E-state index contributed by atoms with van der Waals surface area (Å²) in [4.78, 5) is 26.1. The van der Waals surface area contributed by atoms with Gasteiger partial charge in [0.25, 0.3) is 0 Å². The first-order valence-corrected chi connectivity index (χ1v) is 43.5. The second-order valence-corrected chi connectivity index (χ2v) is 30.1. The summed E-state index contributed by atoms with van der Waals surface area (Å²) in [5.41, 5.74) is 0. The summed E-state index contributed by atoms with van der Waals surface area (Å²) in [6.45, 7) is 21.6. The first-order chi connectivity index (χ1) is 62.3. The highest BCUT2D eigenvalue weighted by molar-refractivity contribution is 5.89.